The Balaban J connectivity index is 1.82. The van der Waals surface area contributed by atoms with Crippen molar-refractivity contribution in [1.82, 2.24) is 10.3 Å². The molecule has 0 saturated heterocycles. The van der Waals surface area contributed by atoms with Crippen LogP contribution < -0.4 is 5.32 Å². The highest BCUT2D eigenvalue weighted by Crippen LogP contribution is 2.07. The molecule has 0 fully saturated rings. The van der Waals surface area contributed by atoms with E-state index in [1.807, 2.05) is 29.0 Å². The van der Waals surface area contributed by atoms with Crippen molar-refractivity contribution in [3.05, 3.63) is 58.6 Å². The van der Waals surface area contributed by atoms with E-state index in [4.69, 9.17) is 0 Å². The van der Waals surface area contributed by atoms with Crippen molar-refractivity contribution in [2.45, 2.75) is 6.54 Å². The number of rotatable bonds is 4. The molecule has 0 radical (unpaired) electrons. The first-order valence-corrected chi connectivity index (χ1v) is 6.16. The van der Waals surface area contributed by atoms with Gasteiger partial charge in [-0.15, -0.1) is 0 Å². The molecule has 2 heterocycles. The van der Waals surface area contributed by atoms with Gasteiger partial charge in [-0.3, -0.25) is 9.78 Å². The smallest absolute Gasteiger partial charge is 0.244 e. The number of hydrogen-bond acceptors (Lipinski definition) is 3. The highest BCUT2D eigenvalue weighted by atomic mass is 32.1. The predicted molar refractivity (Wildman–Crippen MR) is 69.4 cm³/mol. The molecule has 2 rings (SSSR count). The number of aromatic nitrogens is 1. The lowest BCUT2D eigenvalue weighted by molar-refractivity contribution is -0.116. The Kier molecular flexibility index (Phi) is 4.05. The lowest BCUT2D eigenvalue weighted by atomic mass is 10.3. The molecule has 0 unspecified atom stereocenters. The first-order chi connectivity index (χ1) is 8.34. The average molecular weight is 244 g/mol. The molecule has 0 aliphatic heterocycles. The summed E-state index contributed by atoms with van der Waals surface area (Å²) in [4.78, 5) is 15.5. The second-order valence-electron chi connectivity index (χ2n) is 3.47. The van der Waals surface area contributed by atoms with Crippen LogP contribution in [0.1, 0.15) is 11.1 Å². The number of nitrogens with one attached hydrogen (secondary N) is 1. The molecule has 0 saturated carbocycles. The van der Waals surface area contributed by atoms with E-state index in [0.717, 1.165) is 11.1 Å². The molecule has 0 spiro atoms. The second kappa shape index (κ2) is 5.96. The van der Waals surface area contributed by atoms with E-state index in [1.165, 1.54) is 0 Å². The molecule has 86 valence electrons. The van der Waals surface area contributed by atoms with Crippen LogP contribution >= 0.6 is 11.3 Å². The Labute approximate surface area is 104 Å². The molecule has 0 bridgehead atoms. The Morgan fingerprint density at radius 2 is 2.41 bits per heavy atom. The van der Waals surface area contributed by atoms with Crippen LogP contribution in [0.15, 0.2) is 47.4 Å². The topological polar surface area (TPSA) is 42.0 Å². The van der Waals surface area contributed by atoms with E-state index in [0.29, 0.717) is 6.54 Å². The van der Waals surface area contributed by atoms with Crippen LogP contribution in [0.25, 0.3) is 6.08 Å². The molecule has 1 amide bonds. The summed E-state index contributed by atoms with van der Waals surface area (Å²) in [7, 11) is 0. The van der Waals surface area contributed by atoms with Gasteiger partial charge in [0, 0.05) is 25.0 Å². The van der Waals surface area contributed by atoms with Gasteiger partial charge in [-0.2, -0.15) is 11.3 Å². The normalized spacial score (nSPS) is 10.6. The lowest BCUT2D eigenvalue weighted by Gasteiger charge is -2.00. The van der Waals surface area contributed by atoms with Crippen molar-refractivity contribution in [2.24, 2.45) is 0 Å². The van der Waals surface area contributed by atoms with Crippen molar-refractivity contribution in [2.75, 3.05) is 0 Å². The average Bonchev–Trinajstić information content (AvgIpc) is 2.88. The van der Waals surface area contributed by atoms with Crippen molar-refractivity contribution in [3.8, 4) is 0 Å². The fraction of sp³-hybridized carbons (Fsp3) is 0.0769. The minimum atomic E-state index is -0.0972. The largest absolute Gasteiger partial charge is 0.348 e. The fourth-order valence-electron chi connectivity index (χ4n) is 1.29. The third kappa shape index (κ3) is 3.85. The van der Waals surface area contributed by atoms with Crippen LogP contribution in [-0.2, 0) is 11.3 Å². The minimum Gasteiger partial charge on any atom is -0.348 e. The second-order valence-corrected chi connectivity index (χ2v) is 4.25. The third-order valence-electron chi connectivity index (χ3n) is 2.16. The molecular formula is C13H12N2OS. The van der Waals surface area contributed by atoms with Gasteiger partial charge in [0.1, 0.15) is 0 Å². The van der Waals surface area contributed by atoms with Gasteiger partial charge in [0.2, 0.25) is 5.91 Å². The summed E-state index contributed by atoms with van der Waals surface area (Å²) in [5.74, 6) is -0.0972. The highest BCUT2D eigenvalue weighted by Gasteiger charge is 1.96. The Hall–Kier alpha value is -1.94. The summed E-state index contributed by atoms with van der Waals surface area (Å²) in [6, 6.07) is 5.74. The Morgan fingerprint density at radius 1 is 1.47 bits per heavy atom. The first kappa shape index (κ1) is 11.5. The van der Waals surface area contributed by atoms with Gasteiger partial charge in [0.05, 0.1) is 0 Å². The molecule has 0 atom stereocenters. The number of nitrogens with zero attached hydrogens (tertiary/aromatic N) is 1. The minimum absolute atomic E-state index is 0.0972. The summed E-state index contributed by atoms with van der Waals surface area (Å²) in [5, 5.41) is 6.77. The van der Waals surface area contributed by atoms with E-state index >= 15 is 0 Å². The predicted octanol–water partition coefficient (Wildman–Crippen LogP) is 2.47. The van der Waals surface area contributed by atoms with E-state index in [1.54, 1.807) is 35.9 Å². The summed E-state index contributed by atoms with van der Waals surface area (Å²) in [6.45, 7) is 0.501. The standard InChI is InChI=1S/C13H12N2OS/c16-13(4-3-11-5-7-17-10-11)15-9-12-2-1-6-14-8-12/h1-8,10H,9H2,(H,15,16)/b4-3+. The zero-order valence-corrected chi connectivity index (χ0v) is 9.98. The quantitative estimate of drug-likeness (QED) is 0.839. The summed E-state index contributed by atoms with van der Waals surface area (Å²) in [5.41, 5.74) is 2.04. The van der Waals surface area contributed by atoms with Gasteiger partial charge < -0.3 is 5.32 Å². The summed E-state index contributed by atoms with van der Waals surface area (Å²) >= 11 is 1.61. The highest BCUT2D eigenvalue weighted by molar-refractivity contribution is 7.08. The molecule has 1 N–H and O–H groups in total. The van der Waals surface area contributed by atoms with Crippen LogP contribution in [0.4, 0.5) is 0 Å². The van der Waals surface area contributed by atoms with Crippen molar-refractivity contribution >= 4 is 23.3 Å². The van der Waals surface area contributed by atoms with E-state index in [2.05, 4.69) is 10.3 Å². The van der Waals surface area contributed by atoms with E-state index < -0.39 is 0 Å². The van der Waals surface area contributed by atoms with Gasteiger partial charge in [-0.1, -0.05) is 6.07 Å². The third-order valence-corrected chi connectivity index (χ3v) is 2.86. The Bertz CT molecular complexity index is 491. The van der Waals surface area contributed by atoms with Crippen molar-refractivity contribution < 1.29 is 4.79 Å². The van der Waals surface area contributed by atoms with Crippen molar-refractivity contribution in [1.29, 1.82) is 0 Å². The lowest BCUT2D eigenvalue weighted by Crippen LogP contribution is -2.20. The maximum absolute atomic E-state index is 11.5. The molecule has 17 heavy (non-hydrogen) atoms. The maximum atomic E-state index is 11.5. The molecular weight excluding hydrogens is 232 g/mol. The molecule has 2 aromatic heterocycles. The van der Waals surface area contributed by atoms with Gasteiger partial charge in [-0.25, -0.2) is 0 Å². The number of thiophene rings is 1. The van der Waals surface area contributed by atoms with Crippen LogP contribution in [0.3, 0.4) is 0 Å². The Morgan fingerprint density at radius 3 is 3.12 bits per heavy atom. The number of amides is 1. The van der Waals surface area contributed by atoms with Crippen LogP contribution in [-0.4, -0.2) is 10.9 Å². The molecule has 4 heteroatoms. The molecule has 3 nitrogen and oxygen atoms in total. The van der Waals surface area contributed by atoms with E-state index in [9.17, 15) is 4.79 Å². The zero-order chi connectivity index (χ0) is 11.9. The SMILES string of the molecule is O=C(/C=C/c1ccsc1)NCc1cccnc1. The molecule has 0 aromatic carbocycles. The van der Waals surface area contributed by atoms with E-state index in [-0.39, 0.29) is 5.91 Å². The monoisotopic (exact) mass is 244 g/mol. The molecule has 0 aliphatic rings. The number of carbonyl (C=O) groups excluding carboxylic acids is 1. The zero-order valence-electron chi connectivity index (χ0n) is 9.17. The van der Waals surface area contributed by atoms with Crippen LogP contribution in [0, 0.1) is 0 Å². The number of hydrogen-bond donors (Lipinski definition) is 1. The van der Waals surface area contributed by atoms with Crippen LogP contribution in [0.2, 0.25) is 0 Å². The number of carbonyl (C=O) groups is 1. The van der Waals surface area contributed by atoms with Gasteiger partial charge in [0.15, 0.2) is 0 Å². The van der Waals surface area contributed by atoms with Gasteiger partial charge >= 0.3 is 0 Å². The first-order valence-electron chi connectivity index (χ1n) is 5.21. The summed E-state index contributed by atoms with van der Waals surface area (Å²) < 4.78 is 0. The fourth-order valence-corrected chi connectivity index (χ4v) is 1.92. The maximum Gasteiger partial charge on any atom is 0.244 e. The number of pyridine rings is 1. The summed E-state index contributed by atoms with van der Waals surface area (Å²) in [6.07, 6.45) is 6.79. The van der Waals surface area contributed by atoms with Gasteiger partial charge in [0.25, 0.3) is 0 Å². The van der Waals surface area contributed by atoms with Crippen molar-refractivity contribution in [3.63, 3.8) is 0 Å². The van der Waals surface area contributed by atoms with Crippen LogP contribution in [0.5, 0.6) is 0 Å². The van der Waals surface area contributed by atoms with Gasteiger partial charge in [-0.05, 0) is 40.1 Å². The molecule has 0 aliphatic carbocycles. The molecule has 2 aromatic rings.